The Morgan fingerprint density at radius 1 is 0.500 bits per heavy atom. The number of hydrogen-bond acceptors (Lipinski definition) is 5. The standard InChI is InChI=1S/C38H77NO5/c1-3-5-7-9-11-13-15-17-19-21-23-25-27-29-31-36(42)38(44)39-35(33-40)37(43)32-34(41)30-28-26-24-22-20-18-16-14-12-10-8-6-4-2/h34-37,40-43H,3-33H2,1-2H3,(H,39,44). The third-order valence-corrected chi connectivity index (χ3v) is 9.28. The van der Waals surface area contributed by atoms with Gasteiger partial charge in [-0.3, -0.25) is 4.79 Å². The summed E-state index contributed by atoms with van der Waals surface area (Å²) < 4.78 is 0. The summed E-state index contributed by atoms with van der Waals surface area (Å²) in [6.45, 7) is 4.09. The zero-order valence-electron chi connectivity index (χ0n) is 29.4. The highest BCUT2D eigenvalue weighted by atomic mass is 16.3. The monoisotopic (exact) mass is 628 g/mol. The first-order valence-corrected chi connectivity index (χ1v) is 19.4. The summed E-state index contributed by atoms with van der Waals surface area (Å²) in [5.74, 6) is -0.552. The summed E-state index contributed by atoms with van der Waals surface area (Å²) in [5, 5.41) is 43.5. The van der Waals surface area contributed by atoms with Crippen LogP contribution in [0, 0.1) is 0 Å². The Balaban J connectivity index is 3.77. The van der Waals surface area contributed by atoms with Crippen LogP contribution in [0.2, 0.25) is 0 Å². The Morgan fingerprint density at radius 3 is 1.16 bits per heavy atom. The van der Waals surface area contributed by atoms with Crippen LogP contribution in [0.3, 0.4) is 0 Å². The largest absolute Gasteiger partial charge is 0.394 e. The van der Waals surface area contributed by atoms with E-state index in [0.717, 1.165) is 32.1 Å². The average Bonchev–Trinajstić information content (AvgIpc) is 3.01. The molecule has 4 unspecified atom stereocenters. The van der Waals surface area contributed by atoms with Crippen LogP contribution in [-0.2, 0) is 4.79 Å². The van der Waals surface area contributed by atoms with Gasteiger partial charge in [0, 0.05) is 6.42 Å². The van der Waals surface area contributed by atoms with E-state index >= 15 is 0 Å². The predicted octanol–water partition coefficient (Wildman–Crippen LogP) is 9.29. The second-order valence-electron chi connectivity index (χ2n) is 13.7. The van der Waals surface area contributed by atoms with Crippen LogP contribution in [0.25, 0.3) is 0 Å². The minimum atomic E-state index is -1.13. The normalized spacial score (nSPS) is 14.4. The lowest BCUT2D eigenvalue weighted by Gasteiger charge is -2.25. The summed E-state index contributed by atoms with van der Waals surface area (Å²) in [6, 6.07) is -0.880. The number of aliphatic hydroxyl groups excluding tert-OH is 4. The van der Waals surface area contributed by atoms with Crippen molar-refractivity contribution in [1.29, 1.82) is 0 Å². The van der Waals surface area contributed by atoms with Gasteiger partial charge < -0.3 is 25.7 Å². The number of rotatable bonds is 35. The molecule has 1 amide bonds. The number of nitrogens with one attached hydrogen (secondary N) is 1. The van der Waals surface area contributed by atoms with E-state index in [1.807, 2.05) is 0 Å². The molecule has 0 heterocycles. The highest BCUT2D eigenvalue weighted by Crippen LogP contribution is 2.16. The highest BCUT2D eigenvalue weighted by molar-refractivity contribution is 5.80. The first kappa shape index (κ1) is 43.3. The molecule has 0 aromatic rings. The van der Waals surface area contributed by atoms with E-state index in [2.05, 4.69) is 19.2 Å². The van der Waals surface area contributed by atoms with Crippen molar-refractivity contribution in [1.82, 2.24) is 5.32 Å². The zero-order chi connectivity index (χ0) is 32.5. The Bertz CT molecular complexity index is 590. The second-order valence-corrected chi connectivity index (χ2v) is 13.7. The summed E-state index contributed by atoms with van der Waals surface area (Å²) in [5.41, 5.74) is 0. The van der Waals surface area contributed by atoms with Gasteiger partial charge in [0.2, 0.25) is 5.91 Å². The van der Waals surface area contributed by atoms with Crippen molar-refractivity contribution in [2.45, 2.75) is 231 Å². The predicted molar refractivity (Wildman–Crippen MR) is 187 cm³/mol. The van der Waals surface area contributed by atoms with E-state index in [0.29, 0.717) is 12.8 Å². The molecule has 0 fully saturated rings. The number of carbonyl (C=O) groups is 1. The van der Waals surface area contributed by atoms with Crippen LogP contribution >= 0.6 is 0 Å². The zero-order valence-corrected chi connectivity index (χ0v) is 29.4. The molecule has 0 saturated heterocycles. The van der Waals surface area contributed by atoms with Crippen LogP contribution in [-0.4, -0.2) is 57.3 Å². The molecule has 0 bridgehead atoms. The lowest BCUT2D eigenvalue weighted by atomic mass is 9.99. The molecule has 0 aliphatic rings. The molecular weight excluding hydrogens is 550 g/mol. The van der Waals surface area contributed by atoms with Crippen molar-refractivity contribution >= 4 is 5.91 Å². The molecule has 0 rings (SSSR count). The summed E-state index contributed by atoms with van der Waals surface area (Å²) in [7, 11) is 0. The van der Waals surface area contributed by atoms with Gasteiger partial charge in [-0.25, -0.2) is 0 Å². The Kier molecular flexibility index (Phi) is 33.1. The van der Waals surface area contributed by atoms with Crippen LogP contribution in [0.1, 0.15) is 206 Å². The highest BCUT2D eigenvalue weighted by Gasteiger charge is 2.25. The van der Waals surface area contributed by atoms with Crippen LogP contribution in [0.5, 0.6) is 0 Å². The van der Waals surface area contributed by atoms with Crippen molar-refractivity contribution in [2.24, 2.45) is 0 Å². The minimum Gasteiger partial charge on any atom is -0.394 e. The molecule has 6 heteroatoms. The molecule has 0 radical (unpaired) electrons. The maximum Gasteiger partial charge on any atom is 0.249 e. The summed E-state index contributed by atoms with van der Waals surface area (Å²) >= 11 is 0. The van der Waals surface area contributed by atoms with E-state index in [1.54, 1.807) is 0 Å². The van der Waals surface area contributed by atoms with Crippen LogP contribution in [0.4, 0.5) is 0 Å². The molecule has 0 aromatic heterocycles. The fraction of sp³-hybridized carbons (Fsp3) is 0.974. The van der Waals surface area contributed by atoms with Gasteiger partial charge >= 0.3 is 0 Å². The van der Waals surface area contributed by atoms with E-state index in [1.165, 1.54) is 141 Å². The van der Waals surface area contributed by atoms with Gasteiger partial charge in [0.1, 0.15) is 6.10 Å². The molecule has 44 heavy (non-hydrogen) atoms. The second kappa shape index (κ2) is 33.7. The maximum atomic E-state index is 12.4. The quantitative estimate of drug-likeness (QED) is 0.0450. The Hall–Kier alpha value is -0.690. The fourth-order valence-electron chi connectivity index (χ4n) is 6.16. The van der Waals surface area contributed by atoms with Crippen LogP contribution in [0.15, 0.2) is 0 Å². The Labute approximate surface area is 273 Å². The number of hydrogen-bond donors (Lipinski definition) is 5. The average molecular weight is 628 g/mol. The molecular formula is C38H77NO5. The smallest absolute Gasteiger partial charge is 0.249 e. The molecule has 6 nitrogen and oxygen atoms in total. The molecule has 0 aromatic carbocycles. The molecule has 0 aliphatic carbocycles. The summed E-state index contributed by atoms with van der Waals surface area (Å²) in [6.07, 6.45) is 32.5. The van der Waals surface area contributed by atoms with Gasteiger partial charge in [0.15, 0.2) is 0 Å². The van der Waals surface area contributed by atoms with Gasteiger partial charge in [-0.05, 0) is 12.8 Å². The number of amides is 1. The topological polar surface area (TPSA) is 110 Å². The molecule has 0 spiro atoms. The minimum absolute atomic E-state index is 0.110. The third kappa shape index (κ3) is 28.8. The fourth-order valence-corrected chi connectivity index (χ4v) is 6.16. The van der Waals surface area contributed by atoms with Gasteiger partial charge in [-0.15, -0.1) is 0 Å². The van der Waals surface area contributed by atoms with Crippen molar-refractivity contribution in [3.05, 3.63) is 0 Å². The lowest BCUT2D eigenvalue weighted by Crippen LogP contribution is -2.50. The maximum absolute atomic E-state index is 12.4. The Morgan fingerprint density at radius 2 is 0.818 bits per heavy atom. The van der Waals surface area contributed by atoms with Crippen molar-refractivity contribution in [3.63, 3.8) is 0 Å². The van der Waals surface area contributed by atoms with Gasteiger partial charge in [-0.1, -0.05) is 187 Å². The van der Waals surface area contributed by atoms with Crippen LogP contribution < -0.4 is 5.32 Å². The first-order chi connectivity index (χ1) is 21.5. The molecule has 264 valence electrons. The van der Waals surface area contributed by atoms with E-state index in [4.69, 9.17) is 0 Å². The van der Waals surface area contributed by atoms with Gasteiger partial charge in [0.25, 0.3) is 0 Å². The molecule has 4 atom stereocenters. The molecule has 5 N–H and O–H groups in total. The van der Waals surface area contributed by atoms with E-state index in [9.17, 15) is 25.2 Å². The number of unbranched alkanes of at least 4 members (excludes halogenated alkanes) is 25. The molecule has 0 saturated carbocycles. The van der Waals surface area contributed by atoms with Gasteiger partial charge in [-0.2, -0.15) is 0 Å². The molecule has 0 aliphatic heterocycles. The SMILES string of the molecule is CCCCCCCCCCCCCCCCC(O)C(=O)NC(CO)C(O)CC(O)CCCCCCCCCCCCCCC. The number of aliphatic hydroxyl groups is 4. The summed E-state index contributed by atoms with van der Waals surface area (Å²) in [4.78, 5) is 12.4. The van der Waals surface area contributed by atoms with Crippen molar-refractivity contribution in [2.75, 3.05) is 6.61 Å². The first-order valence-electron chi connectivity index (χ1n) is 19.4. The van der Waals surface area contributed by atoms with Crippen molar-refractivity contribution in [3.8, 4) is 0 Å². The lowest BCUT2D eigenvalue weighted by molar-refractivity contribution is -0.132. The van der Waals surface area contributed by atoms with E-state index in [-0.39, 0.29) is 6.42 Å². The van der Waals surface area contributed by atoms with E-state index < -0.39 is 36.9 Å². The number of carbonyl (C=O) groups excluding carboxylic acids is 1. The third-order valence-electron chi connectivity index (χ3n) is 9.28. The van der Waals surface area contributed by atoms with Gasteiger partial charge in [0.05, 0.1) is 24.9 Å². The van der Waals surface area contributed by atoms with Crippen molar-refractivity contribution < 1.29 is 25.2 Å².